The summed E-state index contributed by atoms with van der Waals surface area (Å²) in [4.78, 5) is 11.6. The minimum atomic E-state index is -0.155. The summed E-state index contributed by atoms with van der Waals surface area (Å²) in [6.45, 7) is 1.64. The molecule has 0 spiro atoms. The Hall–Kier alpha value is -0.570. The minimum absolute atomic E-state index is 0.111. The summed E-state index contributed by atoms with van der Waals surface area (Å²) in [6.07, 6.45) is 9.24. The fourth-order valence-corrected chi connectivity index (χ4v) is 5.47. The molecule has 0 aromatic rings. The van der Waals surface area contributed by atoms with Crippen molar-refractivity contribution in [1.29, 1.82) is 0 Å². The second-order valence-electron chi connectivity index (χ2n) is 7.30. The van der Waals surface area contributed by atoms with Crippen LogP contribution < -0.4 is 5.32 Å². The highest BCUT2D eigenvalue weighted by Gasteiger charge is 2.51. The molecule has 0 radical (unpaired) electrons. The van der Waals surface area contributed by atoms with Gasteiger partial charge in [0.25, 0.3) is 0 Å². The molecule has 1 heterocycles. The van der Waals surface area contributed by atoms with Crippen LogP contribution in [0, 0.1) is 23.2 Å². The van der Waals surface area contributed by atoms with Crippen LogP contribution in [0.5, 0.6) is 0 Å². The molecule has 1 N–H and O–H groups in total. The first-order valence-electron chi connectivity index (χ1n) is 7.62. The van der Waals surface area contributed by atoms with E-state index in [0.717, 1.165) is 37.3 Å². The number of ether oxygens (including phenoxy) is 1. The maximum Gasteiger partial charge on any atom is 0.249 e. The Morgan fingerprint density at radius 1 is 1.11 bits per heavy atom. The van der Waals surface area contributed by atoms with Crippen LogP contribution in [-0.2, 0) is 9.53 Å². The van der Waals surface area contributed by atoms with Crippen molar-refractivity contribution in [3.63, 3.8) is 0 Å². The zero-order valence-electron chi connectivity index (χ0n) is 11.0. The molecule has 5 aliphatic rings. The van der Waals surface area contributed by atoms with E-state index in [9.17, 15) is 4.79 Å². The van der Waals surface area contributed by atoms with E-state index in [1.54, 1.807) is 0 Å². The maximum absolute atomic E-state index is 11.6. The summed E-state index contributed by atoms with van der Waals surface area (Å²) < 4.78 is 5.99. The van der Waals surface area contributed by atoms with Crippen LogP contribution in [0.3, 0.4) is 0 Å². The normalized spacial score (nSPS) is 49.7. The first-order valence-corrected chi connectivity index (χ1v) is 7.62. The topological polar surface area (TPSA) is 38.3 Å². The molecule has 1 amide bonds. The Morgan fingerprint density at radius 2 is 1.72 bits per heavy atom. The number of hydrogen-bond acceptors (Lipinski definition) is 2. The van der Waals surface area contributed by atoms with E-state index in [1.807, 2.05) is 0 Å². The Balaban J connectivity index is 1.43. The molecule has 4 saturated carbocycles. The first kappa shape index (κ1) is 11.3. The highest BCUT2D eigenvalue weighted by atomic mass is 16.5. The molecule has 4 bridgehead atoms. The van der Waals surface area contributed by atoms with E-state index < -0.39 is 0 Å². The third-order valence-corrected chi connectivity index (χ3v) is 5.75. The Labute approximate surface area is 109 Å². The summed E-state index contributed by atoms with van der Waals surface area (Å²) in [5, 5.41) is 2.86. The van der Waals surface area contributed by atoms with Crippen LogP contribution in [0.1, 0.15) is 44.9 Å². The fraction of sp³-hybridized carbons (Fsp3) is 0.933. The molecular weight excluding hydrogens is 226 g/mol. The van der Waals surface area contributed by atoms with Crippen molar-refractivity contribution in [3.8, 4) is 0 Å². The van der Waals surface area contributed by atoms with Gasteiger partial charge in [0.2, 0.25) is 5.91 Å². The van der Waals surface area contributed by atoms with E-state index >= 15 is 0 Å². The third kappa shape index (κ3) is 1.78. The predicted molar refractivity (Wildman–Crippen MR) is 68.0 cm³/mol. The largest absolute Gasteiger partial charge is 0.368 e. The smallest absolute Gasteiger partial charge is 0.249 e. The van der Waals surface area contributed by atoms with E-state index in [2.05, 4.69) is 5.32 Å². The van der Waals surface area contributed by atoms with Gasteiger partial charge in [0.1, 0.15) is 6.10 Å². The van der Waals surface area contributed by atoms with Crippen LogP contribution >= 0.6 is 0 Å². The molecule has 100 valence electrons. The van der Waals surface area contributed by atoms with Gasteiger partial charge in [-0.3, -0.25) is 4.79 Å². The van der Waals surface area contributed by atoms with Crippen molar-refractivity contribution in [3.05, 3.63) is 0 Å². The van der Waals surface area contributed by atoms with Crippen LogP contribution in [0.25, 0.3) is 0 Å². The van der Waals surface area contributed by atoms with E-state index in [0.29, 0.717) is 5.41 Å². The van der Waals surface area contributed by atoms with Gasteiger partial charge >= 0.3 is 0 Å². The molecule has 1 atom stereocenters. The molecule has 4 aliphatic carbocycles. The van der Waals surface area contributed by atoms with Crippen LogP contribution in [0.2, 0.25) is 0 Å². The van der Waals surface area contributed by atoms with Crippen molar-refractivity contribution in [2.24, 2.45) is 23.2 Å². The predicted octanol–water partition coefficient (Wildman–Crippen LogP) is 2.11. The van der Waals surface area contributed by atoms with Crippen LogP contribution in [-0.4, -0.2) is 25.2 Å². The van der Waals surface area contributed by atoms with Crippen molar-refractivity contribution in [1.82, 2.24) is 5.32 Å². The van der Waals surface area contributed by atoms with Crippen LogP contribution in [0.4, 0.5) is 0 Å². The van der Waals surface area contributed by atoms with Gasteiger partial charge in [0, 0.05) is 6.54 Å². The van der Waals surface area contributed by atoms with Gasteiger partial charge in [-0.1, -0.05) is 0 Å². The number of carbonyl (C=O) groups is 1. The molecule has 5 rings (SSSR count). The second-order valence-corrected chi connectivity index (χ2v) is 7.30. The molecular formula is C15H23NO2. The Morgan fingerprint density at radius 3 is 2.22 bits per heavy atom. The second kappa shape index (κ2) is 3.96. The third-order valence-electron chi connectivity index (χ3n) is 5.75. The molecule has 0 aromatic heterocycles. The molecule has 3 nitrogen and oxygen atoms in total. The zero-order chi connectivity index (χ0) is 12.2. The number of amides is 1. The average molecular weight is 249 g/mol. The summed E-state index contributed by atoms with van der Waals surface area (Å²) in [5.74, 6) is 3.02. The molecule has 1 unspecified atom stereocenters. The lowest BCUT2D eigenvalue weighted by Gasteiger charge is -2.56. The van der Waals surface area contributed by atoms with Crippen molar-refractivity contribution in [2.75, 3.05) is 13.2 Å². The maximum atomic E-state index is 11.6. The molecule has 18 heavy (non-hydrogen) atoms. The van der Waals surface area contributed by atoms with Crippen LogP contribution in [0.15, 0.2) is 0 Å². The van der Waals surface area contributed by atoms with Crippen molar-refractivity contribution >= 4 is 5.91 Å². The van der Waals surface area contributed by atoms with Gasteiger partial charge in [0.15, 0.2) is 0 Å². The first-order chi connectivity index (χ1) is 8.72. The van der Waals surface area contributed by atoms with E-state index in [-0.39, 0.29) is 12.0 Å². The quantitative estimate of drug-likeness (QED) is 0.832. The van der Waals surface area contributed by atoms with E-state index in [4.69, 9.17) is 4.74 Å². The summed E-state index contributed by atoms with van der Waals surface area (Å²) in [5.41, 5.74) is 0.442. The lowest BCUT2D eigenvalue weighted by molar-refractivity contribution is -0.139. The number of nitrogens with one attached hydrogen (secondary N) is 1. The molecule has 3 heteroatoms. The summed E-state index contributed by atoms with van der Waals surface area (Å²) in [7, 11) is 0. The molecule has 0 aromatic carbocycles. The average Bonchev–Trinajstić information content (AvgIpc) is 2.70. The highest BCUT2D eigenvalue weighted by Crippen LogP contribution is 2.60. The van der Waals surface area contributed by atoms with Gasteiger partial charge in [-0.15, -0.1) is 0 Å². The molecule has 1 saturated heterocycles. The zero-order valence-corrected chi connectivity index (χ0v) is 11.0. The van der Waals surface area contributed by atoms with Gasteiger partial charge in [0.05, 0.1) is 6.61 Å². The Kier molecular flexibility index (Phi) is 2.48. The number of carbonyl (C=O) groups excluding carboxylic acids is 1. The van der Waals surface area contributed by atoms with E-state index in [1.165, 1.54) is 38.5 Å². The molecule has 1 aliphatic heterocycles. The van der Waals surface area contributed by atoms with Gasteiger partial charge in [-0.2, -0.15) is 0 Å². The summed E-state index contributed by atoms with van der Waals surface area (Å²) in [6, 6.07) is 0. The number of hydrogen-bond donors (Lipinski definition) is 1. The number of rotatable bonds is 3. The minimum Gasteiger partial charge on any atom is -0.368 e. The SMILES string of the molecule is O=C1NCCC1OCC12CC3CC(CC(C3)C1)C2. The van der Waals surface area contributed by atoms with Crippen molar-refractivity contribution in [2.45, 2.75) is 51.0 Å². The fourth-order valence-electron chi connectivity index (χ4n) is 5.47. The monoisotopic (exact) mass is 249 g/mol. The summed E-state index contributed by atoms with van der Waals surface area (Å²) >= 11 is 0. The highest BCUT2D eigenvalue weighted by molar-refractivity contribution is 5.82. The van der Waals surface area contributed by atoms with Gasteiger partial charge < -0.3 is 10.1 Å². The van der Waals surface area contributed by atoms with Gasteiger partial charge in [-0.25, -0.2) is 0 Å². The van der Waals surface area contributed by atoms with Crippen molar-refractivity contribution < 1.29 is 9.53 Å². The lowest BCUT2D eigenvalue weighted by atomic mass is 9.50. The van der Waals surface area contributed by atoms with Gasteiger partial charge in [-0.05, 0) is 68.1 Å². The lowest BCUT2D eigenvalue weighted by Crippen LogP contribution is -2.48. The Bertz CT molecular complexity index is 330. The molecule has 5 fully saturated rings. The standard InChI is InChI=1S/C15H23NO2/c17-14-13(1-2-16-14)18-9-15-6-10-3-11(7-15)5-12(4-10)8-15/h10-13H,1-9H2,(H,16,17).